The Bertz CT molecular complexity index is 461. The molecule has 0 bridgehead atoms. The van der Waals surface area contributed by atoms with Gasteiger partial charge in [-0.3, -0.25) is 4.79 Å². The van der Waals surface area contributed by atoms with Gasteiger partial charge in [0.2, 0.25) is 11.8 Å². The van der Waals surface area contributed by atoms with Gasteiger partial charge in [0.05, 0.1) is 12.7 Å². The molecule has 0 amide bonds. The van der Waals surface area contributed by atoms with Crippen LogP contribution in [0.25, 0.3) is 0 Å². The van der Waals surface area contributed by atoms with Crippen LogP contribution >= 0.6 is 0 Å². The van der Waals surface area contributed by atoms with E-state index in [1.807, 2.05) is 18.7 Å². The van der Waals surface area contributed by atoms with Crippen molar-refractivity contribution in [3.05, 3.63) is 12.3 Å². The molecule has 6 heteroatoms. The zero-order valence-electron chi connectivity index (χ0n) is 12.2. The third-order valence-electron chi connectivity index (χ3n) is 2.82. The lowest BCUT2D eigenvalue weighted by Crippen LogP contribution is -2.34. The van der Waals surface area contributed by atoms with Gasteiger partial charge in [-0.15, -0.1) is 0 Å². The van der Waals surface area contributed by atoms with Gasteiger partial charge in [0.15, 0.2) is 0 Å². The predicted molar refractivity (Wildman–Crippen MR) is 74.8 cm³/mol. The Morgan fingerprint density at radius 3 is 2.85 bits per heavy atom. The van der Waals surface area contributed by atoms with Crippen molar-refractivity contribution >= 4 is 11.9 Å². The molecule has 0 saturated heterocycles. The minimum Gasteiger partial charge on any atom is -0.475 e. The Morgan fingerprint density at radius 2 is 2.25 bits per heavy atom. The first kappa shape index (κ1) is 14.6. The standard InChI is InChI=1S/C14H21N3O3/c1-4-19-13(18)9-17(11-5-6-11)14-15-8-7-12(16-14)20-10(2)3/h7-8,10-11H,4-6,9H2,1-3H3. The molecule has 1 aliphatic carbocycles. The SMILES string of the molecule is CCOC(=O)CN(c1nccc(OC(C)C)n1)C1CC1. The summed E-state index contributed by atoms with van der Waals surface area (Å²) in [6.45, 7) is 6.25. The number of anilines is 1. The highest BCUT2D eigenvalue weighted by atomic mass is 16.5. The number of esters is 1. The molecule has 2 rings (SSSR count). The molecule has 110 valence electrons. The molecule has 0 atom stereocenters. The highest BCUT2D eigenvalue weighted by Gasteiger charge is 2.32. The summed E-state index contributed by atoms with van der Waals surface area (Å²) in [6.07, 6.45) is 3.81. The summed E-state index contributed by atoms with van der Waals surface area (Å²) in [7, 11) is 0. The number of nitrogens with zero attached hydrogens (tertiary/aromatic N) is 3. The van der Waals surface area contributed by atoms with Crippen molar-refractivity contribution in [2.45, 2.75) is 45.8 Å². The maximum absolute atomic E-state index is 11.7. The molecule has 1 heterocycles. The number of hydrogen-bond acceptors (Lipinski definition) is 6. The maximum Gasteiger partial charge on any atom is 0.325 e. The first-order valence-corrected chi connectivity index (χ1v) is 7.02. The van der Waals surface area contributed by atoms with E-state index >= 15 is 0 Å². The minimum atomic E-state index is -0.252. The van der Waals surface area contributed by atoms with Gasteiger partial charge in [-0.1, -0.05) is 0 Å². The van der Waals surface area contributed by atoms with E-state index in [-0.39, 0.29) is 18.6 Å². The summed E-state index contributed by atoms with van der Waals surface area (Å²) in [6, 6.07) is 2.05. The van der Waals surface area contributed by atoms with Crippen LogP contribution in [0.15, 0.2) is 12.3 Å². The zero-order valence-corrected chi connectivity index (χ0v) is 12.2. The summed E-state index contributed by atoms with van der Waals surface area (Å²) in [5, 5.41) is 0. The number of carbonyl (C=O) groups is 1. The topological polar surface area (TPSA) is 64.5 Å². The van der Waals surface area contributed by atoms with E-state index in [2.05, 4.69) is 9.97 Å². The Morgan fingerprint density at radius 1 is 1.50 bits per heavy atom. The molecule has 1 aromatic rings. The second-order valence-electron chi connectivity index (χ2n) is 5.03. The van der Waals surface area contributed by atoms with Crippen molar-refractivity contribution in [1.82, 2.24) is 9.97 Å². The summed E-state index contributed by atoms with van der Waals surface area (Å²) < 4.78 is 10.6. The van der Waals surface area contributed by atoms with Gasteiger partial charge in [0.25, 0.3) is 0 Å². The van der Waals surface area contributed by atoms with Crippen LogP contribution in [-0.4, -0.2) is 41.2 Å². The fourth-order valence-corrected chi connectivity index (χ4v) is 1.87. The van der Waals surface area contributed by atoms with E-state index in [1.165, 1.54) is 0 Å². The molecule has 0 aliphatic heterocycles. The van der Waals surface area contributed by atoms with Crippen LogP contribution in [0.1, 0.15) is 33.6 Å². The smallest absolute Gasteiger partial charge is 0.325 e. The molecule has 0 spiro atoms. The molecule has 0 N–H and O–H groups in total. The van der Waals surface area contributed by atoms with Gasteiger partial charge in [0.1, 0.15) is 6.54 Å². The number of ether oxygens (including phenoxy) is 2. The van der Waals surface area contributed by atoms with Gasteiger partial charge >= 0.3 is 5.97 Å². The number of carbonyl (C=O) groups excluding carboxylic acids is 1. The Kier molecular flexibility index (Phi) is 4.76. The van der Waals surface area contributed by atoms with Crippen molar-refractivity contribution < 1.29 is 14.3 Å². The third-order valence-corrected chi connectivity index (χ3v) is 2.82. The van der Waals surface area contributed by atoms with Crippen molar-refractivity contribution in [1.29, 1.82) is 0 Å². The molecule has 0 unspecified atom stereocenters. The number of rotatable bonds is 7. The average Bonchev–Trinajstić information content (AvgIpc) is 3.20. The third kappa shape index (κ3) is 4.08. The highest BCUT2D eigenvalue weighted by molar-refractivity contribution is 5.75. The van der Waals surface area contributed by atoms with Gasteiger partial charge in [0, 0.05) is 18.3 Å². The molecule has 0 aromatic carbocycles. The molecule has 1 aromatic heterocycles. The Labute approximate surface area is 119 Å². The molecule has 1 aliphatic rings. The lowest BCUT2D eigenvalue weighted by atomic mass is 10.4. The molecule has 0 radical (unpaired) electrons. The lowest BCUT2D eigenvalue weighted by molar-refractivity contribution is -0.141. The summed E-state index contributed by atoms with van der Waals surface area (Å²) in [4.78, 5) is 22.2. The van der Waals surface area contributed by atoms with Crippen LogP contribution in [0.3, 0.4) is 0 Å². The monoisotopic (exact) mass is 279 g/mol. The Hall–Kier alpha value is -1.85. The van der Waals surface area contributed by atoms with Gasteiger partial charge in [-0.25, -0.2) is 4.98 Å². The zero-order chi connectivity index (χ0) is 14.5. The normalized spacial score (nSPS) is 14.2. The number of hydrogen-bond donors (Lipinski definition) is 0. The largest absolute Gasteiger partial charge is 0.475 e. The second-order valence-corrected chi connectivity index (χ2v) is 5.03. The summed E-state index contributed by atoms with van der Waals surface area (Å²) in [5.41, 5.74) is 0. The first-order valence-electron chi connectivity index (χ1n) is 7.02. The molecular formula is C14H21N3O3. The van der Waals surface area contributed by atoms with E-state index in [0.717, 1.165) is 12.8 Å². The molecule has 1 fully saturated rings. The van der Waals surface area contributed by atoms with Crippen LogP contribution < -0.4 is 9.64 Å². The van der Waals surface area contributed by atoms with Crippen molar-refractivity contribution in [2.75, 3.05) is 18.1 Å². The van der Waals surface area contributed by atoms with Crippen LogP contribution in [0.5, 0.6) is 5.88 Å². The second kappa shape index (κ2) is 6.54. The van der Waals surface area contributed by atoms with Crippen LogP contribution in [0.4, 0.5) is 5.95 Å². The minimum absolute atomic E-state index is 0.0529. The first-order chi connectivity index (χ1) is 9.60. The maximum atomic E-state index is 11.7. The van der Waals surface area contributed by atoms with Crippen LogP contribution in [0, 0.1) is 0 Å². The van der Waals surface area contributed by atoms with E-state index in [1.54, 1.807) is 19.2 Å². The summed E-state index contributed by atoms with van der Waals surface area (Å²) >= 11 is 0. The van der Waals surface area contributed by atoms with E-state index in [0.29, 0.717) is 24.5 Å². The van der Waals surface area contributed by atoms with E-state index < -0.39 is 0 Å². The van der Waals surface area contributed by atoms with E-state index in [9.17, 15) is 4.79 Å². The fraction of sp³-hybridized carbons (Fsp3) is 0.643. The quantitative estimate of drug-likeness (QED) is 0.709. The van der Waals surface area contributed by atoms with Gasteiger partial charge in [-0.05, 0) is 33.6 Å². The molecule has 6 nitrogen and oxygen atoms in total. The van der Waals surface area contributed by atoms with Crippen molar-refractivity contribution in [3.63, 3.8) is 0 Å². The average molecular weight is 279 g/mol. The summed E-state index contributed by atoms with van der Waals surface area (Å²) in [5.74, 6) is 0.802. The fourth-order valence-electron chi connectivity index (χ4n) is 1.87. The predicted octanol–water partition coefficient (Wildman–Crippen LogP) is 1.80. The molecule has 20 heavy (non-hydrogen) atoms. The number of aromatic nitrogens is 2. The van der Waals surface area contributed by atoms with Crippen LogP contribution in [0.2, 0.25) is 0 Å². The lowest BCUT2D eigenvalue weighted by Gasteiger charge is -2.21. The molecule has 1 saturated carbocycles. The van der Waals surface area contributed by atoms with Crippen molar-refractivity contribution in [2.24, 2.45) is 0 Å². The van der Waals surface area contributed by atoms with Gasteiger partial charge < -0.3 is 14.4 Å². The Balaban J connectivity index is 2.10. The molecular weight excluding hydrogens is 258 g/mol. The van der Waals surface area contributed by atoms with E-state index in [4.69, 9.17) is 9.47 Å². The van der Waals surface area contributed by atoms with Gasteiger partial charge in [-0.2, -0.15) is 4.98 Å². The van der Waals surface area contributed by atoms with Crippen molar-refractivity contribution in [3.8, 4) is 5.88 Å². The van der Waals surface area contributed by atoms with Crippen LogP contribution in [-0.2, 0) is 9.53 Å². The highest BCUT2D eigenvalue weighted by Crippen LogP contribution is 2.30.